The number of aromatic nitrogens is 1. The molecule has 1 aromatic carbocycles. The molecule has 0 bridgehead atoms. The molecule has 0 atom stereocenters. The summed E-state index contributed by atoms with van der Waals surface area (Å²) < 4.78 is 5.87. The van der Waals surface area contributed by atoms with Crippen LogP contribution in [0.3, 0.4) is 0 Å². The molecule has 1 aromatic heterocycles. The standard InChI is InChI=1S/C22H29N3O4/c1-14-9-8-10-15(2)18(14)29-17-12-11-16(13-23-17)24-19(26)22(6,7)25(20(27)28)21(3,4)5/h8-13H,1-7H3,(H,24,26)(H,27,28). The van der Waals surface area contributed by atoms with Crippen LogP contribution in [0, 0.1) is 13.8 Å². The molecule has 0 unspecified atom stereocenters. The average Bonchev–Trinajstić information content (AvgIpc) is 2.57. The molecule has 0 fully saturated rings. The predicted molar refractivity (Wildman–Crippen MR) is 113 cm³/mol. The first kappa shape index (κ1) is 22.2. The molecule has 0 aliphatic heterocycles. The number of pyridine rings is 1. The van der Waals surface area contributed by atoms with Crippen molar-refractivity contribution in [3.8, 4) is 11.6 Å². The summed E-state index contributed by atoms with van der Waals surface area (Å²) in [6.07, 6.45) is 0.326. The van der Waals surface area contributed by atoms with E-state index in [4.69, 9.17) is 4.74 Å². The largest absolute Gasteiger partial charge is 0.465 e. The maximum absolute atomic E-state index is 12.8. The first-order valence-corrected chi connectivity index (χ1v) is 9.39. The van der Waals surface area contributed by atoms with E-state index in [0.717, 1.165) is 21.8 Å². The zero-order valence-corrected chi connectivity index (χ0v) is 18.0. The lowest BCUT2D eigenvalue weighted by molar-refractivity contribution is -0.128. The van der Waals surface area contributed by atoms with Crippen molar-refractivity contribution in [1.29, 1.82) is 0 Å². The van der Waals surface area contributed by atoms with Gasteiger partial charge in [0.1, 0.15) is 11.3 Å². The zero-order chi connectivity index (χ0) is 22.0. The van der Waals surface area contributed by atoms with Gasteiger partial charge in [0.15, 0.2) is 0 Å². The third kappa shape index (κ3) is 5.04. The minimum Gasteiger partial charge on any atom is -0.465 e. The van der Waals surface area contributed by atoms with Gasteiger partial charge in [-0.1, -0.05) is 18.2 Å². The molecule has 156 valence electrons. The van der Waals surface area contributed by atoms with Crippen molar-refractivity contribution >= 4 is 17.7 Å². The Morgan fingerprint density at radius 3 is 2.07 bits per heavy atom. The lowest BCUT2D eigenvalue weighted by atomic mass is 9.94. The summed E-state index contributed by atoms with van der Waals surface area (Å²) in [4.78, 5) is 30.0. The van der Waals surface area contributed by atoms with Crippen LogP contribution in [0.2, 0.25) is 0 Å². The van der Waals surface area contributed by atoms with Crippen LogP contribution in [0.1, 0.15) is 45.7 Å². The number of carbonyl (C=O) groups excluding carboxylic acids is 1. The number of amides is 2. The number of carboxylic acid groups (broad SMARTS) is 1. The molecule has 29 heavy (non-hydrogen) atoms. The number of carbonyl (C=O) groups is 2. The third-order valence-electron chi connectivity index (χ3n) is 4.59. The van der Waals surface area contributed by atoms with Gasteiger partial charge >= 0.3 is 6.09 Å². The number of rotatable bonds is 5. The van der Waals surface area contributed by atoms with Gasteiger partial charge in [0, 0.05) is 11.6 Å². The fraction of sp³-hybridized carbons (Fsp3) is 0.409. The quantitative estimate of drug-likeness (QED) is 0.739. The highest BCUT2D eigenvalue weighted by molar-refractivity contribution is 5.99. The van der Waals surface area contributed by atoms with Crippen molar-refractivity contribution < 1.29 is 19.4 Å². The minimum absolute atomic E-state index is 0.404. The molecule has 7 nitrogen and oxygen atoms in total. The fourth-order valence-electron chi connectivity index (χ4n) is 3.33. The molecule has 2 rings (SSSR count). The molecule has 0 radical (unpaired) electrons. The third-order valence-corrected chi connectivity index (χ3v) is 4.59. The molecule has 0 aliphatic rings. The summed E-state index contributed by atoms with van der Waals surface area (Å²) in [6.45, 7) is 12.3. The van der Waals surface area contributed by atoms with Gasteiger partial charge in [-0.3, -0.25) is 9.69 Å². The van der Waals surface area contributed by atoms with E-state index >= 15 is 0 Å². The summed E-state index contributed by atoms with van der Waals surface area (Å²) in [5.41, 5.74) is 0.436. The normalized spacial score (nSPS) is 11.7. The SMILES string of the molecule is Cc1cccc(C)c1Oc1ccc(NC(=O)C(C)(C)N(C(=O)O)C(C)(C)C)cn1. The molecule has 0 aliphatic carbocycles. The van der Waals surface area contributed by atoms with Crippen molar-refractivity contribution in [1.82, 2.24) is 9.88 Å². The molecule has 7 heteroatoms. The summed E-state index contributed by atoms with van der Waals surface area (Å²) >= 11 is 0. The second-order valence-electron chi connectivity index (χ2n) is 8.51. The maximum Gasteiger partial charge on any atom is 0.408 e. The first-order valence-electron chi connectivity index (χ1n) is 9.39. The van der Waals surface area contributed by atoms with Crippen molar-refractivity contribution in [3.63, 3.8) is 0 Å². The van der Waals surface area contributed by atoms with Gasteiger partial charge in [0.05, 0.1) is 11.9 Å². The smallest absolute Gasteiger partial charge is 0.408 e. The lowest BCUT2D eigenvalue weighted by Gasteiger charge is -2.43. The maximum atomic E-state index is 12.8. The molecule has 0 saturated heterocycles. The number of ether oxygens (including phenoxy) is 1. The van der Waals surface area contributed by atoms with Crippen LogP contribution < -0.4 is 10.1 Å². The molecule has 0 spiro atoms. The highest BCUT2D eigenvalue weighted by Crippen LogP contribution is 2.29. The number of benzene rings is 1. The molecular formula is C22H29N3O4. The molecule has 0 saturated carbocycles. The van der Waals surface area contributed by atoms with Crippen molar-refractivity contribution in [3.05, 3.63) is 47.7 Å². The van der Waals surface area contributed by atoms with Gasteiger partial charge in [0.25, 0.3) is 0 Å². The topological polar surface area (TPSA) is 91.8 Å². The summed E-state index contributed by atoms with van der Waals surface area (Å²) in [7, 11) is 0. The van der Waals surface area contributed by atoms with Gasteiger partial charge in [-0.05, 0) is 65.7 Å². The monoisotopic (exact) mass is 399 g/mol. The number of anilines is 1. The number of aryl methyl sites for hydroxylation is 2. The molecule has 2 amide bonds. The van der Waals surface area contributed by atoms with Gasteiger partial charge in [-0.2, -0.15) is 0 Å². The Morgan fingerprint density at radius 2 is 1.62 bits per heavy atom. The molecule has 2 N–H and O–H groups in total. The van der Waals surface area contributed by atoms with Crippen molar-refractivity contribution in [2.75, 3.05) is 5.32 Å². The van der Waals surface area contributed by atoms with E-state index in [1.165, 1.54) is 6.20 Å². The highest BCUT2D eigenvalue weighted by atomic mass is 16.5. The van der Waals surface area contributed by atoms with Crippen LogP contribution in [-0.4, -0.2) is 38.1 Å². The Bertz CT molecular complexity index is 879. The second-order valence-corrected chi connectivity index (χ2v) is 8.51. The number of nitrogens with zero attached hydrogens (tertiary/aromatic N) is 2. The average molecular weight is 399 g/mol. The summed E-state index contributed by atoms with van der Waals surface area (Å²) in [5.74, 6) is 0.710. The zero-order valence-electron chi connectivity index (χ0n) is 18.0. The van der Waals surface area contributed by atoms with E-state index < -0.39 is 23.1 Å². The van der Waals surface area contributed by atoms with Gasteiger partial charge in [0.2, 0.25) is 11.8 Å². The Hall–Kier alpha value is -3.09. The predicted octanol–water partition coefficient (Wildman–Crippen LogP) is 4.99. The number of hydrogen-bond acceptors (Lipinski definition) is 4. The van der Waals surface area contributed by atoms with Gasteiger partial charge < -0.3 is 15.2 Å². The van der Waals surface area contributed by atoms with Crippen LogP contribution in [0.4, 0.5) is 10.5 Å². The van der Waals surface area contributed by atoms with Crippen LogP contribution in [0.5, 0.6) is 11.6 Å². The summed E-state index contributed by atoms with van der Waals surface area (Å²) in [6, 6.07) is 9.22. The molecule has 1 heterocycles. The number of para-hydroxylation sites is 1. The number of hydrogen-bond donors (Lipinski definition) is 2. The van der Waals surface area contributed by atoms with E-state index in [2.05, 4.69) is 10.3 Å². The second kappa shape index (κ2) is 8.11. The Morgan fingerprint density at radius 1 is 1.03 bits per heavy atom. The van der Waals surface area contributed by atoms with E-state index in [0.29, 0.717) is 11.6 Å². The van der Waals surface area contributed by atoms with Crippen LogP contribution >= 0.6 is 0 Å². The Balaban J connectivity index is 2.16. The summed E-state index contributed by atoms with van der Waals surface area (Å²) in [5, 5.41) is 12.3. The molecular weight excluding hydrogens is 370 g/mol. The van der Waals surface area contributed by atoms with Crippen molar-refractivity contribution in [2.45, 2.75) is 59.5 Å². The first-order chi connectivity index (χ1) is 13.3. The van der Waals surface area contributed by atoms with Crippen molar-refractivity contribution in [2.24, 2.45) is 0 Å². The fourth-order valence-corrected chi connectivity index (χ4v) is 3.33. The Kier molecular flexibility index (Phi) is 6.21. The van der Waals surface area contributed by atoms with Gasteiger partial charge in [-0.15, -0.1) is 0 Å². The Labute approximate surface area is 171 Å². The van der Waals surface area contributed by atoms with E-state index in [-0.39, 0.29) is 0 Å². The van der Waals surface area contributed by atoms with Crippen LogP contribution in [0.15, 0.2) is 36.5 Å². The minimum atomic E-state index is -1.28. The number of nitrogens with one attached hydrogen (secondary N) is 1. The van der Waals surface area contributed by atoms with E-state index in [9.17, 15) is 14.7 Å². The molecule has 2 aromatic rings. The van der Waals surface area contributed by atoms with Crippen LogP contribution in [-0.2, 0) is 4.79 Å². The van der Waals surface area contributed by atoms with E-state index in [1.807, 2.05) is 32.0 Å². The van der Waals surface area contributed by atoms with E-state index in [1.54, 1.807) is 46.8 Å². The highest BCUT2D eigenvalue weighted by Gasteiger charge is 2.44. The van der Waals surface area contributed by atoms with Crippen LogP contribution in [0.25, 0.3) is 0 Å². The lowest BCUT2D eigenvalue weighted by Crippen LogP contribution is -2.61. The van der Waals surface area contributed by atoms with Gasteiger partial charge in [-0.25, -0.2) is 9.78 Å².